The number of fused-ring (bicyclic) bond motifs is 1. The Balaban J connectivity index is 1.67. The van der Waals surface area contributed by atoms with Crippen LogP contribution in [-0.2, 0) is 10.0 Å². The largest absolute Gasteiger partial charge is 0.347 e. The monoisotopic (exact) mass is 461 g/mol. The van der Waals surface area contributed by atoms with E-state index in [4.69, 9.17) is 0 Å². The van der Waals surface area contributed by atoms with Crippen LogP contribution in [0.5, 0.6) is 0 Å². The van der Waals surface area contributed by atoms with Crippen molar-refractivity contribution >= 4 is 21.5 Å². The van der Waals surface area contributed by atoms with E-state index in [1.165, 1.54) is 0 Å². The third-order valence-electron chi connectivity index (χ3n) is 5.02. The molecule has 1 aliphatic heterocycles. The Hall–Kier alpha value is -2.80. The molecule has 3 heterocycles. The van der Waals surface area contributed by atoms with Crippen LogP contribution in [0, 0.1) is 23.3 Å². The van der Waals surface area contributed by atoms with Gasteiger partial charge in [-0.15, -0.1) is 5.10 Å². The quantitative estimate of drug-likeness (QED) is 0.605. The minimum atomic E-state index is -3.54. The topological polar surface area (TPSA) is 79.6 Å². The van der Waals surface area contributed by atoms with E-state index in [2.05, 4.69) is 15.4 Å². The van der Waals surface area contributed by atoms with Gasteiger partial charge in [0.15, 0.2) is 5.82 Å². The van der Waals surface area contributed by atoms with Crippen LogP contribution in [0.1, 0.15) is 6.42 Å². The van der Waals surface area contributed by atoms with Crippen molar-refractivity contribution in [2.75, 3.05) is 24.7 Å². The molecule has 0 amide bonds. The summed E-state index contributed by atoms with van der Waals surface area (Å²) in [6.07, 6.45) is 0.576. The average Bonchev–Trinajstić information content (AvgIpc) is 2.97. The molecule has 1 saturated heterocycles. The molecule has 2 aromatic heterocycles. The number of hydrogen-bond donors (Lipinski definition) is 1. The zero-order chi connectivity index (χ0) is 22.5. The molecule has 166 valence electrons. The zero-order valence-electron chi connectivity index (χ0n) is 16.0. The van der Waals surface area contributed by atoms with E-state index in [1.807, 2.05) is 0 Å². The van der Waals surface area contributed by atoms with Crippen molar-refractivity contribution in [3.63, 3.8) is 0 Å². The second-order valence-electron chi connectivity index (χ2n) is 7.18. The number of piperidine rings is 1. The summed E-state index contributed by atoms with van der Waals surface area (Å²) in [6, 6.07) is 0.910. The maximum Gasteiger partial charge on any atom is 0.241 e. The van der Waals surface area contributed by atoms with Crippen molar-refractivity contribution in [2.24, 2.45) is 0 Å². The van der Waals surface area contributed by atoms with Gasteiger partial charge in [-0.2, -0.15) is 4.31 Å². The normalized spacial score (nSPS) is 20.3. The number of halogens is 5. The highest BCUT2D eigenvalue weighted by molar-refractivity contribution is 7.88. The van der Waals surface area contributed by atoms with Gasteiger partial charge in [-0.1, -0.05) is 0 Å². The standard InChI is InChI=1S/C18H16F5N5O2S/c1-31(29,30)27-3-2-14(13(23)8-27)25-18-24-7-16-10(20)6-15(28(16)26-18)17-11(21)4-9(19)5-12(17)22/h4-7,13-14H,2-3,8H2,1H3,(H,25,26)/t13-,14-/m1/s1. The molecule has 1 aliphatic rings. The fourth-order valence-electron chi connectivity index (χ4n) is 3.49. The minimum absolute atomic E-state index is 0.0779. The highest BCUT2D eigenvalue weighted by atomic mass is 32.2. The van der Waals surface area contributed by atoms with E-state index >= 15 is 0 Å². The first-order chi connectivity index (χ1) is 14.5. The molecule has 1 fully saturated rings. The van der Waals surface area contributed by atoms with Crippen molar-refractivity contribution in [1.82, 2.24) is 18.9 Å². The first kappa shape index (κ1) is 21.4. The van der Waals surface area contributed by atoms with Crippen LogP contribution < -0.4 is 5.32 Å². The van der Waals surface area contributed by atoms with Crippen molar-refractivity contribution in [1.29, 1.82) is 0 Å². The summed E-state index contributed by atoms with van der Waals surface area (Å²) in [6.45, 7) is -0.275. The number of anilines is 1. The van der Waals surface area contributed by atoms with Crippen molar-refractivity contribution in [3.8, 4) is 11.3 Å². The number of alkyl halides is 1. The van der Waals surface area contributed by atoms with Gasteiger partial charge in [0.2, 0.25) is 16.0 Å². The summed E-state index contributed by atoms with van der Waals surface area (Å²) >= 11 is 0. The summed E-state index contributed by atoms with van der Waals surface area (Å²) in [5.74, 6) is -4.65. The molecular weight excluding hydrogens is 445 g/mol. The maximum absolute atomic E-state index is 14.5. The van der Waals surface area contributed by atoms with Gasteiger partial charge in [-0.3, -0.25) is 0 Å². The molecule has 0 spiro atoms. The Morgan fingerprint density at radius 2 is 1.77 bits per heavy atom. The first-order valence-electron chi connectivity index (χ1n) is 9.09. The van der Waals surface area contributed by atoms with Crippen LogP contribution in [-0.4, -0.2) is 58.9 Å². The third kappa shape index (κ3) is 4.06. The molecule has 0 unspecified atom stereocenters. The summed E-state index contributed by atoms with van der Waals surface area (Å²) < 4.78 is 95.5. The molecule has 1 N–H and O–H groups in total. The second-order valence-corrected chi connectivity index (χ2v) is 9.16. The molecule has 3 aromatic rings. The smallest absolute Gasteiger partial charge is 0.241 e. The molecule has 7 nitrogen and oxygen atoms in total. The van der Waals surface area contributed by atoms with Gasteiger partial charge in [0.25, 0.3) is 0 Å². The van der Waals surface area contributed by atoms with Crippen LogP contribution in [0.15, 0.2) is 24.4 Å². The zero-order valence-corrected chi connectivity index (χ0v) is 16.8. The number of rotatable bonds is 4. The van der Waals surface area contributed by atoms with E-state index in [1.54, 1.807) is 0 Å². The molecule has 4 rings (SSSR count). The number of aromatic nitrogens is 3. The Morgan fingerprint density at radius 1 is 1.10 bits per heavy atom. The lowest BCUT2D eigenvalue weighted by Gasteiger charge is -2.33. The summed E-state index contributed by atoms with van der Waals surface area (Å²) in [7, 11) is -3.54. The van der Waals surface area contributed by atoms with E-state index in [0.717, 1.165) is 27.3 Å². The van der Waals surface area contributed by atoms with Gasteiger partial charge in [0.1, 0.15) is 29.1 Å². The van der Waals surface area contributed by atoms with Crippen LogP contribution in [0.2, 0.25) is 0 Å². The molecule has 13 heteroatoms. The lowest BCUT2D eigenvalue weighted by molar-refractivity contribution is 0.186. The average molecular weight is 461 g/mol. The van der Waals surface area contributed by atoms with E-state index in [-0.39, 0.29) is 36.7 Å². The molecule has 0 saturated carbocycles. The Labute approximate surface area is 173 Å². The van der Waals surface area contributed by atoms with E-state index < -0.39 is 51.1 Å². The van der Waals surface area contributed by atoms with Gasteiger partial charge in [-0.05, 0) is 6.42 Å². The highest BCUT2D eigenvalue weighted by Gasteiger charge is 2.33. The summed E-state index contributed by atoms with van der Waals surface area (Å²) in [5.41, 5.74) is -1.21. The summed E-state index contributed by atoms with van der Waals surface area (Å²) in [5, 5.41) is 6.71. The minimum Gasteiger partial charge on any atom is -0.347 e. The predicted molar refractivity (Wildman–Crippen MR) is 102 cm³/mol. The Bertz CT molecular complexity index is 1240. The fraction of sp³-hybridized carbons (Fsp3) is 0.333. The SMILES string of the molecule is CS(=O)(=O)N1CC[C@@H](Nc2ncc3c(F)cc(-c4c(F)cc(F)cc4F)n3n2)[C@H](F)C1. The van der Waals surface area contributed by atoms with E-state index in [0.29, 0.717) is 12.1 Å². The van der Waals surface area contributed by atoms with Crippen molar-refractivity contribution < 1.29 is 30.4 Å². The third-order valence-corrected chi connectivity index (χ3v) is 6.29. The van der Waals surface area contributed by atoms with Gasteiger partial charge in [-0.25, -0.2) is 39.9 Å². The van der Waals surface area contributed by atoms with Crippen LogP contribution in [0.3, 0.4) is 0 Å². The van der Waals surface area contributed by atoms with Crippen molar-refractivity contribution in [2.45, 2.75) is 18.6 Å². The lowest BCUT2D eigenvalue weighted by atomic mass is 10.1. The van der Waals surface area contributed by atoms with E-state index in [9.17, 15) is 30.4 Å². The van der Waals surface area contributed by atoms with Crippen molar-refractivity contribution in [3.05, 3.63) is 47.7 Å². The maximum atomic E-state index is 14.5. The highest BCUT2D eigenvalue weighted by Crippen LogP contribution is 2.30. The molecule has 31 heavy (non-hydrogen) atoms. The molecule has 1 aromatic carbocycles. The van der Waals surface area contributed by atoms with Gasteiger partial charge >= 0.3 is 0 Å². The number of benzene rings is 1. The molecule has 2 atom stereocenters. The molecule has 0 radical (unpaired) electrons. The Morgan fingerprint density at radius 3 is 2.39 bits per heavy atom. The number of hydrogen-bond acceptors (Lipinski definition) is 5. The predicted octanol–water partition coefficient (Wildman–Crippen LogP) is 2.74. The first-order valence-corrected chi connectivity index (χ1v) is 10.9. The number of nitrogens with one attached hydrogen (secondary N) is 1. The molecule has 0 bridgehead atoms. The second kappa shape index (κ2) is 7.71. The fourth-order valence-corrected chi connectivity index (χ4v) is 4.34. The summed E-state index contributed by atoms with van der Waals surface area (Å²) in [4.78, 5) is 3.90. The van der Waals surface area contributed by atoms with Crippen LogP contribution in [0.4, 0.5) is 27.9 Å². The van der Waals surface area contributed by atoms with Gasteiger partial charge < -0.3 is 5.32 Å². The Kier molecular flexibility index (Phi) is 5.33. The number of sulfonamides is 1. The van der Waals surface area contributed by atoms with Gasteiger partial charge in [0, 0.05) is 31.3 Å². The van der Waals surface area contributed by atoms with Crippen LogP contribution in [0.25, 0.3) is 16.8 Å². The van der Waals surface area contributed by atoms with Gasteiger partial charge in [0.05, 0.1) is 29.8 Å². The van der Waals surface area contributed by atoms with Crippen LogP contribution >= 0.6 is 0 Å². The molecule has 0 aliphatic carbocycles. The molecular formula is C18H16F5N5O2S. The number of nitrogens with zero attached hydrogens (tertiary/aromatic N) is 4. The lowest BCUT2D eigenvalue weighted by Crippen LogP contribution is -2.49.